The summed E-state index contributed by atoms with van der Waals surface area (Å²) in [5, 5.41) is 1.09. The van der Waals surface area contributed by atoms with Crippen molar-refractivity contribution in [1.82, 2.24) is 0 Å². The van der Waals surface area contributed by atoms with Crippen LogP contribution in [0.1, 0.15) is 18.0 Å². The Bertz CT molecular complexity index is 424. The Morgan fingerprint density at radius 1 is 1.36 bits per heavy atom. The van der Waals surface area contributed by atoms with E-state index < -0.39 is 0 Å². The van der Waals surface area contributed by atoms with Gasteiger partial charge in [-0.3, -0.25) is 0 Å². The molecule has 0 fully saturated rings. The van der Waals surface area contributed by atoms with Gasteiger partial charge >= 0.3 is 0 Å². The zero-order valence-electron chi connectivity index (χ0n) is 7.74. The minimum absolute atomic E-state index is 0.0313. The number of furan rings is 1. The number of para-hydroxylation sites is 1. The van der Waals surface area contributed by atoms with Crippen LogP contribution in [0, 0.1) is 0 Å². The second-order valence-corrected chi connectivity index (χ2v) is 3.65. The molecule has 1 unspecified atom stereocenters. The van der Waals surface area contributed by atoms with Crippen molar-refractivity contribution in [3.8, 4) is 0 Å². The Morgan fingerprint density at radius 2 is 2.14 bits per heavy atom. The lowest BCUT2D eigenvalue weighted by Gasteiger charge is -2.06. The van der Waals surface area contributed by atoms with Crippen LogP contribution in [-0.4, -0.2) is 5.88 Å². The van der Waals surface area contributed by atoms with E-state index in [0.717, 1.165) is 23.0 Å². The first kappa shape index (κ1) is 9.56. The van der Waals surface area contributed by atoms with Crippen LogP contribution >= 0.6 is 11.6 Å². The smallest absolute Gasteiger partial charge is 0.134 e. The molecule has 0 aliphatic carbocycles. The Labute approximate surface area is 87.6 Å². The summed E-state index contributed by atoms with van der Waals surface area (Å²) in [5.41, 5.74) is 7.90. The largest absolute Gasteiger partial charge is 0.464 e. The van der Waals surface area contributed by atoms with Crippen LogP contribution in [0.5, 0.6) is 0 Å². The predicted octanol–water partition coefficient (Wildman–Crippen LogP) is 3.06. The normalized spacial score (nSPS) is 13.3. The van der Waals surface area contributed by atoms with Crippen molar-refractivity contribution < 1.29 is 4.42 Å². The number of benzene rings is 1. The average Bonchev–Trinajstić information content (AvgIpc) is 2.61. The van der Waals surface area contributed by atoms with Gasteiger partial charge in [-0.2, -0.15) is 0 Å². The maximum atomic E-state index is 5.97. The van der Waals surface area contributed by atoms with E-state index in [0.29, 0.717) is 5.88 Å². The second-order valence-electron chi connectivity index (χ2n) is 3.27. The number of hydrogen-bond donors (Lipinski definition) is 1. The highest BCUT2D eigenvalue weighted by Gasteiger charge is 2.11. The van der Waals surface area contributed by atoms with Gasteiger partial charge in [-0.25, -0.2) is 0 Å². The van der Waals surface area contributed by atoms with E-state index >= 15 is 0 Å². The van der Waals surface area contributed by atoms with E-state index in [2.05, 4.69) is 0 Å². The van der Waals surface area contributed by atoms with E-state index in [4.69, 9.17) is 21.8 Å². The highest BCUT2D eigenvalue weighted by Crippen LogP contribution is 2.26. The predicted molar refractivity (Wildman–Crippen MR) is 58.5 cm³/mol. The van der Waals surface area contributed by atoms with Crippen molar-refractivity contribution in [3.63, 3.8) is 0 Å². The van der Waals surface area contributed by atoms with Crippen LogP contribution in [-0.2, 0) is 0 Å². The minimum Gasteiger partial charge on any atom is -0.464 e. The third-order valence-corrected chi connectivity index (χ3v) is 2.55. The molecule has 74 valence electrons. The number of halogens is 1. The molecule has 1 heterocycles. The molecule has 0 radical (unpaired) electrons. The van der Waals surface area contributed by atoms with Gasteiger partial charge in [0.15, 0.2) is 0 Å². The molecule has 0 saturated carbocycles. The quantitative estimate of drug-likeness (QED) is 0.790. The fourth-order valence-corrected chi connectivity index (χ4v) is 1.79. The molecule has 2 nitrogen and oxygen atoms in total. The average molecular weight is 210 g/mol. The van der Waals surface area contributed by atoms with Crippen LogP contribution in [0.25, 0.3) is 11.0 Å². The maximum absolute atomic E-state index is 5.97. The molecule has 0 bridgehead atoms. The summed E-state index contributed by atoms with van der Waals surface area (Å²) in [6, 6.07) is 7.85. The zero-order chi connectivity index (χ0) is 9.97. The van der Waals surface area contributed by atoms with E-state index in [1.165, 1.54) is 0 Å². The van der Waals surface area contributed by atoms with Gasteiger partial charge in [0.2, 0.25) is 0 Å². The van der Waals surface area contributed by atoms with Crippen molar-refractivity contribution in [2.45, 2.75) is 12.5 Å². The Kier molecular flexibility index (Phi) is 2.75. The first-order valence-corrected chi connectivity index (χ1v) is 5.14. The topological polar surface area (TPSA) is 39.2 Å². The Balaban J connectivity index is 2.42. The van der Waals surface area contributed by atoms with Gasteiger partial charge in [-0.05, 0) is 12.5 Å². The van der Waals surface area contributed by atoms with Gasteiger partial charge in [0.25, 0.3) is 0 Å². The summed E-state index contributed by atoms with van der Waals surface area (Å²) in [7, 11) is 0. The molecule has 1 atom stereocenters. The monoisotopic (exact) mass is 209 g/mol. The van der Waals surface area contributed by atoms with Gasteiger partial charge in [0.05, 0.1) is 6.26 Å². The van der Waals surface area contributed by atoms with E-state index in [1.807, 2.05) is 24.3 Å². The number of fused-ring (bicyclic) bond motifs is 1. The molecule has 3 heteroatoms. The van der Waals surface area contributed by atoms with Crippen LogP contribution in [0.2, 0.25) is 0 Å². The molecule has 2 rings (SSSR count). The Morgan fingerprint density at radius 3 is 2.93 bits per heavy atom. The van der Waals surface area contributed by atoms with Gasteiger partial charge < -0.3 is 10.2 Å². The molecule has 1 aromatic carbocycles. The standard InChI is InChI=1S/C11H12ClNO/c12-6-5-10(13)9-7-14-11-4-2-1-3-8(9)11/h1-4,7,10H,5-6,13H2. The second kappa shape index (κ2) is 4.03. The van der Waals surface area contributed by atoms with Crippen molar-refractivity contribution in [1.29, 1.82) is 0 Å². The number of nitrogens with two attached hydrogens (primary N) is 1. The first-order valence-electron chi connectivity index (χ1n) is 4.60. The molecule has 0 aliphatic heterocycles. The van der Waals surface area contributed by atoms with Gasteiger partial charge in [-0.1, -0.05) is 18.2 Å². The summed E-state index contributed by atoms with van der Waals surface area (Å²) in [4.78, 5) is 0. The van der Waals surface area contributed by atoms with Crippen LogP contribution in [0.3, 0.4) is 0 Å². The van der Waals surface area contributed by atoms with E-state index in [9.17, 15) is 0 Å². The third-order valence-electron chi connectivity index (χ3n) is 2.33. The molecular formula is C11H12ClNO. The van der Waals surface area contributed by atoms with Crippen LogP contribution in [0.15, 0.2) is 34.9 Å². The van der Waals surface area contributed by atoms with Gasteiger partial charge in [0, 0.05) is 22.9 Å². The summed E-state index contributed by atoms with van der Waals surface area (Å²) in [6.45, 7) is 0. The number of rotatable bonds is 3. The van der Waals surface area contributed by atoms with Crippen molar-refractivity contribution in [2.24, 2.45) is 5.73 Å². The zero-order valence-corrected chi connectivity index (χ0v) is 8.50. The molecule has 0 spiro atoms. The van der Waals surface area contributed by atoms with Crippen LogP contribution in [0.4, 0.5) is 0 Å². The van der Waals surface area contributed by atoms with Crippen LogP contribution < -0.4 is 5.73 Å². The van der Waals surface area contributed by atoms with Gasteiger partial charge in [0.1, 0.15) is 5.58 Å². The summed E-state index contributed by atoms with van der Waals surface area (Å²) >= 11 is 5.65. The lowest BCUT2D eigenvalue weighted by Crippen LogP contribution is -2.09. The van der Waals surface area contributed by atoms with Crippen molar-refractivity contribution >= 4 is 22.6 Å². The lowest BCUT2D eigenvalue weighted by atomic mass is 10.0. The molecule has 0 saturated heterocycles. The van der Waals surface area contributed by atoms with E-state index in [1.54, 1.807) is 6.26 Å². The first-order chi connectivity index (χ1) is 6.83. The third kappa shape index (κ3) is 1.63. The molecule has 14 heavy (non-hydrogen) atoms. The fraction of sp³-hybridized carbons (Fsp3) is 0.273. The fourth-order valence-electron chi connectivity index (χ4n) is 1.56. The summed E-state index contributed by atoms with van der Waals surface area (Å²) < 4.78 is 5.39. The van der Waals surface area contributed by atoms with Gasteiger partial charge in [-0.15, -0.1) is 11.6 Å². The minimum atomic E-state index is -0.0313. The number of hydrogen-bond acceptors (Lipinski definition) is 2. The maximum Gasteiger partial charge on any atom is 0.134 e. The summed E-state index contributed by atoms with van der Waals surface area (Å²) in [5.74, 6) is 0.570. The number of alkyl halides is 1. The molecule has 1 aromatic heterocycles. The van der Waals surface area contributed by atoms with E-state index in [-0.39, 0.29) is 6.04 Å². The molecule has 0 aliphatic rings. The summed E-state index contributed by atoms with van der Waals surface area (Å²) in [6.07, 6.45) is 2.49. The highest BCUT2D eigenvalue weighted by molar-refractivity contribution is 6.17. The SMILES string of the molecule is NC(CCCl)c1coc2ccccc12. The molecule has 2 N–H and O–H groups in total. The molecular weight excluding hydrogens is 198 g/mol. The highest BCUT2D eigenvalue weighted by atomic mass is 35.5. The van der Waals surface area contributed by atoms with Crippen molar-refractivity contribution in [2.75, 3.05) is 5.88 Å². The Hall–Kier alpha value is -0.990. The lowest BCUT2D eigenvalue weighted by molar-refractivity contribution is 0.597. The van der Waals surface area contributed by atoms with Crippen molar-refractivity contribution in [3.05, 3.63) is 36.1 Å². The molecule has 0 amide bonds. The molecule has 2 aromatic rings.